The maximum Gasteiger partial charge on any atom is 0.392 e. The van der Waals surface area contributed by atoms with Crippen LogP contribution in [0.1, 0.15) is 0 Å². The maximum absolute atomic E-state index is 9.41. The molecule has 0 aliphatic heterocycles. The number of hydrogen-bond donors (Lipinski definition) is 1. The van der Waals surface area contributed by atoms with Gasteiger partial charge in [0, 0.05) is 0 Å². The van der Waals surface area contributed by atoms with Crippen LogP contribution in [0.2, 0.25) is 0 Å². The van der Waals surface area contributed by atoms with Gasteiger partial charge in [-0.15, -0.1) is 4.79 Å². The first-order valence-electron chi connectivity index (χ1n) is 1.11. The van der Waals surface area contributed by atoms with E-state index in [1.54, 1.807) is 0 Å². The molecule has 0 saturated heterocycles. The molecule has 0 aromatic carbocycles. The van der Waals surface area contributed by atoms with Crippen molar-refractivity contribution in [3.8, 4) is 0 Å². The second-order valence-corrected chi connectivity index (χ2v) is 0.569. The third-order valence-electron chi connectivity index (χ3n) is 0.164. The highest BCUT2D eigenvalue weighted by Crippen LogP contribution is 1.47. The smallest absolute Gasteiger partial charge is 0.289 e. The molecule has 0 heterocycles. The SMILES string of the molecule is [CH+]=CC(N)=O. The van der Waals surface area contributed by atoms with Gasteiger partial charge in [0.15, 0.2) is 0 Å². The van der Waals surface area contributed by atoms with Crippen molar-refractivity contribution in [3.05, 3.63) is 12.7 Å². The summed E-state index contributed by atoms with van der Waals surface area (Å²) in [6.45, 7) is 4.57. The Morgan fingerprint density at radius 2 is 2.20 bits per heavy atom. The van der Waals surface area contributed by atoms with Gasteiger partial charge < -0.3 is 0 Å². The van der Waals surface area contributed by atoms with E-state index >= 15 is 0 Å². The van der Waals surface area contributed by atoms with E-state index in [0.29, 0.717) is 0 Å². The summed E-state index contributed by atoms with van der Waals surface area (Å²) in [5.41, 5.74) is 4.47. The molecular formula is C3H4NO+. The lowest BCUT2D eigenvalue weighted by Gasteiger charge is -1.51. The number of hydrogen-bond acceptors (Lipinski definition) is 1. The minimum atomic E-state index is -0.593. The highest BCUT2D eigenvalue weighted by molar-refractivity contribution is 5.84. The van der Waals surface area contributed by atoms with Crippen LogP contribution < -0.4 is 5.73 Å². The van der Waals surface area contributed by atoms with Gasteiger partial charge in [-0.25, -0.2) is 0 Å². The van der Waals surface area contributed by atoms with Crippen molar-refractivity contribution in [1.29, 1.82) is 0 Å². The Balaban J connectivity index is 3.20. The average molecular weight is 70.1 g/mol. The second-order valence-electron chi connectivity index (χ2n) is 0.569. The summed E-state index contributed by atoms with van der Waals surface area (Å²) in [6.07, 6.45) is 0.806. The molecule has 5 heavy (non-hydrogen) atoms. The molecule has 0 spiro atoms. The van der Waals surface area contributed by atoms with Gasteiger partial charge in [-0.1, -0.05) is 0 Å². The summed E-state index contributed by atoms with van der Waals surface area (Å²) < 4.78 is 0. The van der Waals surface area contributed by atoms with Crippen LogP contribution in [0, 0.1) is 6.58 Å². The molecule has 0 aliphatic carbocycles. The molecule has 26 valence electrons. The van der Waals surface area contributed by atoms with Crippen molar-refractivity contribution in [1.82, 2.24) is 0 Å². The zero-order valence-electron chi connectivity index (χ0n) is 2.64. The Bertz CT molecular complexity index is 57.9. The first-order valence-corrected chi connectivity index (χ1v) is 1.11. The first-order chi connectivity index (χ1) is 2.27. The largest absolute Gasteiger partial charge is 0.392 e. The predicted octanol–water partition coefficient (Wildman–Crippen LogP) is -0.539. The second kappa shape index (κ2) is 1.44. The van der Waals surface area contributed by atoms with Crippen LogP contribution in [0.15, 0.2) is 6.08 Å². The maximum atomic E-state index is 9.41. The summed E-state index contributed by atoms with van der Waals surface area (Å²) in [7, 11) is 0. The van der Waals surface area contributed by atoms with Gasteiger partial charge in [0.25, 0.3) is 0 Å². The van der Waals surface area contributed by atoms with Crippen LogP contribution in [0.25, 0.3) is 0 Å². The van der Waals surface area contributed by atoms with Crippen molar-refractivity contribution >= 4 is 5.91 Å². The van der Waals surface area contributed by atoms with Crippen molar-refractivity contribution in [2.75, 3.05) is 0 Å². The predicted molar refractivity (Wildman–Crippen MR) is 18.1 cm³/mol. The molecule has 0 atom stereocenters. The van der Waals surface area contributed by atoms with Gasteiger partial charge in [0.1, 0.15) is 0 Å². The van der Waals surface area contributed by atoms with E-state index in [1.807, 2.05) is 0 Å². The summed E-state index contributed by atoms with van der Waals surface area (Å²) in [4.78, 5) is 9.41. The number of amides is 1. The van der Waals surface area contributed by atoms with Crippen molar-refractivity contribution in [3.63, 3.8) is 0 Å². The topological polar surface area (TPSA) is 43.1 Å². The fourth-order valence-electron chi connectivity index (χ4n) is 0. The van der Waals surface area contributed by atoms with E-state index in [4.69, 9.17) is 0 Å². The van der Waals surface area contributed by atoms with E-state index < -0.39 is 5.91 Å². The Kier molecular flexibility index (Phi) is 1.19. The molecule has 0 aromatic heterocycles. The quantitative estimate of drug-likeness (QED) is 0.327. The van der Waals surface area contributed by atoms with Gasteiger partial charge in [0.05, 0.1) is 6.58 Å². The molecule has 2 N–H and O–H groups in total. The molecule has 1 amide bonds. The molecule has 2 nitrogen and oxygen atoms in total. The van der Waals surface area contributed by atoms with Crippen LogP contribution in [0.5, 0.6) is 0 Å². The Labute approximate surface area is 30.3 Å². The third kappa shape index (κ3) is 3.12. The molecular weight excluding hydrogens is 66.0 g/mol. The van der Waals surface area contributed by atoms with Crippen molar-refractivity contribution in [2.45, 2.75) is 0 Å². The minimum absolute atomic E-state index is 0.593. The Morgan fingerprint density at radius 1 is 2.00 bits per heavy atom. The third-order valence-corrected chi connectivity index (χ3v) is 0.164. The zero-order valence-corrected chi connectivity index (χ0v) is 2.64. The number of carbonyl (C=O) groups is 1. The van der Waals surface area contributed by atoms with Gasteiger partial charge in [-0.3, -0.25) is 5.73 Å². The molecule has 2 heteroatoms. The van der Waals surface area contributed by atoms with Crippen LogP contribution in [-0.4, -0.2) is 5.91 Å². The van der Waals surface area contributed by atoms with Gasteiger partial charge in [0.2, 0.25) is 6.08 Å². The molecule has 0 unspecified atom stereocenters. The van der Waals surface area contributed by atoms with E-state index in [0.717, 1.165) is 6.08 Å². The zero-order chi connectivity index (χ0) is 4.28. The monoisotopic (exact) mass is 70.0 g/mol. The van der Waals surface area contributed by atoms with Crippen molar-refractivity contribution in [2.24, 2.45) is 5.73 Å². The molecule has 0 aromatic rings. The van der Waals surface area contributed by atoms with E-state index in [-0.39, 0.29) is 0 Å². The lowest BCUT2D eigenvalue weighted by atomic mass is 10.6. The van der Waals surface area contributed by atoms with Crippen LogP contribution in [0.4, 0.5) is 0 Å². The molecule has 0 aliphatic rings. The number of nitrogens with two attached hydrogens (primary N) is 1. The Morgan fingerprint density at radius 3 is 2.20 bits per heavy atom. The minimum Gasteiger partial charge on any atom is -0.289 e. The fraction of sp³-hybridized carbons (Fsp3) is 0. The van der Waals surface area contributed by atoms with Crippen LogP contribution in [-0.2, 0) is 4.79 Å². The van der Waals surface area contributed by atoms with Gasteiger partial charge in [-0.2, -0.15) is 0 Å². The fourth-order valence-corrected chi connectivity index (χ4v) is 0. The highest BCUT2D eigenvalue weighted by Gasteiger charge is 1.85. The van der Waals surface area contributed by atoms with Gasteiger partial charge >= 0.3 is 5.91 Å². The van der Waals surface area contributed by atoms with E-state index in [1.165, 1.54) is 0 Å². The number of primary amides is 1. The lowest BCUT2D eigenvalue weighted by Crippen LogP contribution is -2.04. The first kappa shape index (κ1) is 4.12. The molecule has 0 fully saturated rings. The summed E-state index contributed by atoms with van der Waals surface area (Å²) in [6, 6.07) is 0. The normalized spacial score (nSPS) is 6.20. The standard InChI is InChI=1S/C3H3NO/c1-2-3(4)5/h1-2H,(H-,4,5)/p+1. The van der Waals surface area contributed by atoms with Crippen molar-refractivity contribution < 1.29 is 4.79 Å². The summed E-state index contributed by atoms with van der Waals surface area (Å²) >= 11 is 0. The van der Waals surface area contributed by atoms with E-state index in [9.17, 15) is 4.79 Å². The molecule has 0 bridgehead atoms. The summed E-state index contributed by atoms with van der Waals surface area (Å²) in [5.74, 6) is -0.593. The Hall–Kier alpha value is -0.880. The van der Waals surface area contributed by atoms with E-state index in [2.05, 4.69) is 12.3 Å². The molecule has 0 saturated carbocycles. The van der Waals surface area contributed by atoms with Gasteiger partial charge in [-0.05, 0) is 0 Å². The molecule has 0 radical (unpaired) electrons. The lowest BCUT2D eigenvalue weighted by molar-refractivity contribution is -0.113. The highest BCUT2D eigenvalue weighted by atomic mass is 16.1. The number of rotatable bonds is 1. The average Bonchev–Trinajstić information content (AvgIpc) is 1.38. The summed E-state index contributed by atoms with van der Waals surface area (Å²) in [5, 5.41) is 0. The number of carbonyl (C=O) groups excluding carboxylic acids is 1. The molecule has 0 rings (SSSR count). The van der Waals surface area contributed by atoms with Crippen LogP contribution >= 0.6 is 0 Å². The van der Waals surface area contributed by atoms with Crippen LogP contribution in [0.3, 0.4) is 0 Å².